The molecule has 0 bridgehead atoms. The highest BCUT2D eigenvalue weighted by Crippen LogP contribution is 2.27. The molecule has 1 aromatic carbocycles. The fraction of sp³-hybridized carbons (Fsp3) is 0.579. The second kappa shape index (κ2) is 8.70. The normalized spacial score (nSPS) is 16.7. The Kier molecular flexibility index (Phi) is 6.63. The third-order valence-corrected chi connectivity index (χ3v) is 4.71. The van der Waals surface area contributed by atoms with E-state index in [1.54, 1.807) is 12.1 Å². The first-order valence-electron chi connectivity index (χ1n) is 8.66. The Morgan fingerprint density at radius 2 is 2.00 bits per heavy atom. The summed E-state index contributed by atoms with van der Waals surface area (Å²) >= 11 is 0. The van der Waals surface area contributed by atoms with E-state index in [0.717, 1.165) is 24.3 Å². The van der Waals surface area contributed by atoms with Gasteiger partial charge in [0.2, 0.25) is 0 Å². The van der Waals surface area contributed by atoms with Crippen LogP contribution in [0.1, 0.15) is 67.3 Å². The van der Waals surface area contributed by atoms with E-state index in [2.05, 4.69) is 5.32 Å². The van der Waals surface area contributed by atoms with E-state index in [1.165, 1.54) is 32.1 Å². The molecule has 0 radical (unpaired) electrons. The molecule has 1 unspecified atom stereocenters. The Balaban J connectivity index is 1.83. The number of benzene rings is 1. The van der Waals surface area contributed by atoms with Gasteiger partial charge in [0.1, 0.15) is 6.04 Å². The van der Waals surface area contributed by atoms with Crippen molar-refractivity contribution in [3.05, 3.63) is 35.4 Å². The van der Waals surface area contributed by atoms with Crippen LogP contribution in [0.4, 0.5) is 0 Å². The summed E-state index contributed by atoms with van der Waals surface area (Å²) in [6.45, 7) is 1.91. The predicted molar refractivity (Wildman–Crippen MR) is 90.5 cm³/mol. The van der Waals surface area contributed by atoms with Crippen LogP contribution in [0.5, 0.6) is 0 Å². The van der Waals surface area contributed by atoms with E-state index in [-0.39, 0.29) is 5.91 Å². The molecule has 126 valence electrons. The minimum absolute atomic E-state index is 0.307. The van der Waals surface area contributed by atoms with Gasteiger partial charge >= 0.3 is 5.97 Å². The van der Waals surface area contributed by atoms with Crippen molar-refractivity contribution in [2.24, 2.45) is 5.92 Å². The molecule has 1 saturated carbocycles. The van der Waals surface area contributed by atoms with Crippen LogP contribution >= 0.6 is 0 Å². The number of hydrogen-bond donors (Lipinski definition) is 2. The van der Waals surface area contributed by atoms with Crippen LogP contribution < -0.4 is 5.32 Å². The fourth-order valence-electron chi connectivity index (χ4n) is 3.37. The van der Waals surface area contributed by atoms with Crippen molar-refractivity contribution in [1.82, 2.24) is 5.32 Å². The summed E-state index contributed by atoms with van der Waals surface area (Å²) in [5.74, 6) is -0.515. The first-order valence-corrected chi connectivity index (χ1v) is 8.66. The van der Waals surface area contributed by atoms with Gasteiger partial charge in [-0.25, -0.2) is 4.79 Å². The van der Waals surface area contributed by atoms with E-state index >= 15 is 0 Å². The lowest BCUT2D eigenvalue weighted by molar-refractivity contribution is -0.139. The van der Waals surface area contributed by atoms with Crippen molar-refractivity contribution in [3.63, 3.8) is 0 Å². The highest BCUT2D eigenvalue weighted by molar-refractivity contribution is 5.96. The number of aliphatic carboxylic acids is 1. The van der Waals surface area contributed by atoms with Gasteiger partial charge in [-0.1, -0.05) is 62.6 Å². The highest BCUT2D eigenvalue weighted by Gasteiger charge is 2.21. The van der Waals surface area contributed by atoms with E-state index in [9.17, 15) is 14.7 Å². The molecule has 2 N–H and O–H groups in total. The molecule has 1 aliphatic rings. The van der Waals surface area contributed by atoms with E-state index < -0.39 is 12.0 Å². The summed E-state index contributed by atoms with van der Waals surface area (Å²) in [7, 11) is 0. The molecular weight excluding hydrogens is 290 g/mol. The van der Waals surface area contributed by atoms with Crippen LogP contribution in [0.3, 0.4) is 0 Å². The lowest BCUT2D eigenvalue weighted by atomic mass is 9.85. The quantitative estimate of drug-likeness (QED) is 0.801. The minimum Gasteiger partial charge on any atom is -0.480 e. The molecule has 4 heteroatoms. The van der Waals surface area contributed by atoms with Crippen LogP contribution in [-0.4, -0.2) is 23.0 Å². The Bertz CT molecular complexity index is 535. The molecule has 0 saturated heterocycles. The van der Waals surface area contributed by atoms with Crippen LogP contribution in [0.15, 0.2) is 24.3 Å². The average Bonchev–Trinajstić information content (AvgIpc) is 2.54. The fourth-order valence-corrected chi connectivity index (χ4v) is 3.37. The second-order valence-corrected chi connectivity index (χ2v) is 6.67. The average molecular weight is 317 g/mol. The number of aryl methyl sites for hydroxylation is 1. The van der Waals surface area contributed by atoms with Crippen molar-refractivity contribution in [2.75, 3.05) is 0 Å². The number of carboxylic acid groups (broad SMARTS) is 1. The molecular formula is C19H27NO3. The lowest BCUT2D eigenvalue weighted by Gasteiger charge is -2.22. The number of amides is 1. The van der Waals surface area contributed by atoms with Crippen LogP contribution in [0.25, 0.3) is 0 Å². The molecule has 23 heavy (non-hydrogen) atoms. The molecule has 1 aromatic rings. The highest BCUT2D eigenvalue weighted by atomic mass is 16.4. The minimum atomic E-state index is -0.949. The predicted octanol–water partition coefficient (Wildman–Crippen LogP) is 3.93. The number of hydrogen-bond acceptors (Lipinski definition) is 2. The van der Waals surface area contributed by atoms with Crippen molar-refractivity contribution in [3.8, 4) is 0 Å². The molecule has 4 nitrogen and oxygen atoms in total. The first kappa shape index (κ1) is 17.5. The van der Waals surface area contributed by atoms with Crippen molar-refractivity contribution >= 4 is 11.9 Å². The summed E-state index contributed by atoms with van der Waals surface area (Å²) in [6, 6.07) is 6.41. The summed E-state index contributed by atoms with van der Waals surface area (Å²) in [4.78, 5) is 23.6. The third kappa shape index (κ3) is 5.70. The van der Waals surface area contributed by atoms with Crippen LogP contribution in [0.2, 0.25) is 0 Å². The monoisotopic (exact) mass is 317 g/mol. The van der Waals surface area contributed by atoms with Gasteiger partial charge in [0.15, 0.2) is 0 Å². The zero-order valence-electron chi connectivity index (χ0n) is 13.9. The Morgan fingerprint density at radius 1 is 1.26 bits per heavy atom. The maximum Gasteiger partial charge on any atom is 0.326 e. The smallest absolute Gasteiger partial charge is 0.326 e. The number of carbonyl (C=O) groups is 2. The molecule has 1 aliphatic carbocycles. The summed E-state index contributed by atoms with van der Waals surface area (Å²) < 4.78 is 0. The maximum absolute atomic E-state index is 12.2. The molecule has 1 fully saturated rings. The maximum atomic E-state index is 12.2. The molecule has 0 aromatic heterocycles. The van der Waals surface area contributed by atoms with Crippen LogP contribution in [0, 0.1) is 12.8 Å². The van der Waals surface area contributed by atoms with E-state index in [4.69, 9.17) is 0 Å². The molecule has 0 heterocycles. The molecule has 0 spiro atoms. The number of rotatable bonds is 7. The SMILES string of the molecule is Cc1cccc(C(=O)NC(CCCC2CCCCC2)C(=O)O)c1. The van der Waals surface area contributed by atoms with E-state index in [0.29, 0.717) is 12.0 Å². The van der Waals surface area contributed by atoms with Gasteiger partial charge in [-0.15, -0.1) is 0 Å². The first-order chi connectivity index (χ1) is 11.1. The number of carboxylic acids is 1. The second-order valence-electron chi connectivity index (χ2n) is 6.67. The van der Waals surface area contributed by atoms with Gasteiger partial charge in [0.05, 0.1) is 0 Å². The number of nitrogens with one attached hydrogen (secondary N) is 1. The molecule has 1 atom stereocenters. The Hall–Kier alpha value is -1.84. The van der Waals surface area contributed by atoms with Gasteiger partial charge in [-0.05, 0) is 31.4 Å². The van der Waals surface area contributed by atoms with Gasteiger partial charge in [-0.2, -0.15) is 0 Å². The topological polar surface area (TPSA) is 66.4 Å². The standard InChI is InChI=1S/C19H27NO3/c1-14-7-5-11-16(13-14)18(21)20-17(19(22)23)12-6-10-15-8-3-2-4-9-15/h5,7,11,13,15,17H,2-4,6,8-10,12H2,1H3,(H,20,21)(H,22,23). The van der Waals surface area contributed by atoms with Crippen molar-refractivity contribution in [1.29, 1.82) is 0 Å². The Labute approximate surface area is 138 Å². The summed E-state index contributed by atoms with van der Waals surface area (Å²) in [5.41, 5.74) is 1.50. The molecule has 1 amide bonds. The summed E-state index contributed by atoms with van der Waals surface area (Å²) in [5, 5.41) is 12.0. The van der Waals surface area contributed by atoms with Gasteiger partial charge in [-0.3, -0.25) is 4.79 Å². The van der Waals surface area contributed by atoms with Crippen molar-refractivity contribution in [2.45, 2.75) is 64.3 Å². The van der Waals surface area contributed by atoms with E-state index in [1.807, 2.05) is 19.1 Å². The number of carbonyl (C=O) groups excluding carboxylic acids is 1. The van der Waals surface area contributed by atoms with Gasteiger partial charge < -0.3 is 10.4 Å². The largest absolute Gasteiger partial charge is 0.480 e. The summed E-state index contributed by atoms with van der Waals surface area (Å²) in [6.07, 6.45) is 8.92. The Morgan fingerprint density at radius 3 is 2.65 bits per heavy atom. The lowest BCUT2D eigenvalue weighted by Crippen LogP contribution is -2.40. The molecule has 2 rings (SSSR count). The van der Waals surface area contributed by atoms with Crippen molar-refractivity contribution < 1.29 is 14.7 Å². The van der Waals surface area contributed by atoms with Gasteiger partial charge in [0.25, 0.3) is 5.91 Å². The zero-order valence-corrected chi connectivity index (χ0v) is 13.9. The molecule has 0 aliphatic heterocycles. The zero-order chi connectivity index (χ0) is 16.7. The van der Waals surface area contributed by atoms with Gasteiger partial charge in [0, 0.05) is 5.56 Å². The third-order valence-electron chi connectivity index (χ3n) is 4.71. The van der Waals surface area contributed by atoms with Crippen LogP contribution in [-0.2, 0) is 4.79 Å².